The Balaban J connectivity index is 1.39. The van der Waals surface area contributed by atoms with E-state index in [0.717, 1.165) is 11.1 Å². The molecule has 0 bridgehead atoms. The first kappa shape index (κ1) is 25.5. The second kappa shape index (κ2) is 11.9. The van der Waals surface area contributed by atoms with E-state index in [2.05, 4.69) is 21.1 Å². The van der Waals surface area contributed by atoms with Gasteiger partial charge in [0.05, 0.1) is 47.8 Å². The average Bonchev–Trinajstić information content (AvgIpc) is 2.94. The Morgan fingerprint density at radius 2 is 0.973 bits per heavy atom. The molecule has 0 aliphatic carbocycles. The van der Waals surface area contributed by atoms with Gasteiger partial charge in [0, 0.05) is 11.1 Å². The van der Waals surface area contributed by atoms with Crippen molar-refractivity contribution >= 4 is 33.6 Å². The van der Waals surface area contributed by atoms with Crippen molar-refractivity contribution in [1.29, 1.82) is 0 Å². The van der Waals surface area contributed by atoms with Crippen LogP contribution in [0.4, 0.5) is 11.4 Å². The van der Waals surface area contributed by atoms with Crippen LogP contribution in [0.15, 0.2) is 117 Å². The number of nitrogens with one attached hydrogen (secondary N) is 2. The van der Waals surface area contributed by atoms with Gasteiger partial charge in [0.15, 0.2) is 0 Å². The van der Waals surface area contributed by atoms with Crippen LogP contribution in [0.2, 0.25) is 0 Å². The van der Waals surface area contributed by atoms with Crippen LogP contribution < -0.4 is 20.3 Å². The van der Waals surface area contributed by atoms with Crippen molar-refractivity contribution < 1.29 is 17.9 Å². The van der Waals surface area contributed by atoms with Crippen LogP contribution in [0.5, 0.6) is 11.5 Å². The Labute approximate surface area is 216 Å². The molecular weight excluding hydrogens is 488 g/mol. The summed E-state index contributed by atoms with van der Waals surface area (Å²) in [6.07, 6.45) is 3.28. The molecular formula is C28H26N4O4S. The lowest BCUT2D eigenvalue weighted by atomic mass is 10.2. The second-order valence-electron chi connectivity index (χ2n) is 7.78. The monoisotopic (exact) mass is 514 g/mol. The minimum absolute atomic E-state index is 0.182. The quantitative estimate of drug-likeness (QED) is 0.216. The number of hydrogen-bond acceptors (Lipinski definition) is 8. The van der Waals surface area contributed by atoms with Gasteiger partial charge in [-0.3, -0.25) is 10.9 Å². The van der Waals surface area contributed by atoms with Crippen LogP contribution in [0.1, 0.15) is 11.1 Å². The van der Waals surface area contributed by atoms with Crippen molar-refractivity contribution in [3.8, 4) is 11.5 Å². The van der Waals surface area contributed by atoms with E-state index in [1.54, 1.807) is 75.2 Å². The molecule has 188 valence electrons. The third-order valence-corrected chi connectivity index (χ3v) is 7.19. The molecule has 4 aromatic rings. The average molecular weight is 515 g/mol. The SMILES string of the molecule is COc1ccccc1/C=N\Nc1ccc(S(=O)(=O)c2ccc(N/N=C/c3ccccc3OC)cc2)cc1. The molecule has 0 saturated carbocycles. The predicted molar refractivity (Wildman–Crippen MR) is 147 cm³/mol. The van der Waals surface area contributed by atoms with Crippen LogP contribution in [0.25, 0.3) is 0 Å². The summed E-state index contributed by atoms with van der Waals surface area (Å²) in [5.41, 5.74) is 8.74. The first-order chi connectivity index (χ1) is 18.0. The summed E-state index contributed by atoms with van der Waals surface area (Å²) >= 11 is 0. The Morgan fingerprint density at radius 3 is 1.35 bits per heavy atom. The zero-order valence-electron chi connectivity index (χ0n) is 20.3. The number of para-hydroxylation sites is 2. The third-order valence-electron chi connectivity index (χ3n) is 5.40. The van der Waals surface area contributed by atoms with E-state index in [4.69, 9.17) is 9.47 Å². The van der Waals surface area contributed by atoms with E-state index in [0.29, 0.717) is 22.9 Å². The summed E-state index contributed by atoms with van der Waals surface area (Å²) in [5.74, 6) is 1.41. The number of sulfone groups is 1. The Kier molecular flexibility index (Phi) is 8.17. The Bertz CT molecular complexity index is 1390. The summed E-state index contributed by atoms with van der Waals surface area (Å²) in [6.45, 7) is 0. The van der Waals surface area contributed by atoms with Gasteiger partial charge >= 0.3 is 0 Å². The van der Waals surface area contributed by atoms with Crippen LogP contribution in [-0.4, -0.2) is 35.1 Å². The molecule has 37 heavy (non-hydrogen) atoms. The number of anilines is 2. The lowest BCUT2D eigenvalue weighted by Crippen LogP contribution is -2.02. The fraction of sp³-hybridized carbons (Fsp3) is 0.0714. The zero-order valence-corrected chi connectivity index (χ0v) is 21.1. The van der Waals surface area contributed by atoms with E-state index in [1.807, 2.05) is 48.5 Å². The fourth-order valence-electron chi connectivity index (χ4n) is 3.45. The third kappa shape index (κ3) is 6.33. The van der Waals surface area contributed by atoms with Crippen molar-refractivity contribution in [2.45, 2.75) is 9.79 Å². The van der Waals surface area contributed by atoms with E-state index >= 15 is 0 Å². The molecule has 0 atom stereocenters. The smallest absolute Gasteiger partial charge is 0.206 e. The number of hydrogen-bond donors (Lipinski definition) is 2. The van der Waals surface area contributed by atoms with Gasteiger partial charge in [-0.15, -0.1) is 0 Å². The number of hydrazone groups is 2. The van der Waals surface area contributed by atoms with Crippen LogP contribution >= 0.6 is 0 Å². The fourth-order valence-corrected chi connectivity index (χ4v) is 4.71. The predicted octanol–water partition coefficient (Wildman–Crippen LogP) is 5.43. The molecule has 0 unspecified atom stereocenters. The lowest BCUT2D eigenvalue weighted by molar-refractivity contribution is 0.414. The van der Waals surface area contributed by atoms with Gasteiger partial charge in [0.1, 0.15) is 11.5 Å². The minimum atomic E-state index is -3.68. The van der Waals surface area contributed by atoms with E-state index in [-0.39, 0.29) is 9.79 Å². The van der Waals surface area contributed by atoms with Gasteiger partial charge in [0.2, 0.25) is 9.84 Å². The summed E-state index contributed by atoms with van der Waals surface area (Å²) in [4.78, 5) is 0.364. The molecule has 0 aromatic heterocycles. The van der Waals surface area contributed by atoms with Crippen molar-refractivity contribution in [2.24, 2.45) is 10.2 Å². The van der Waals surface area contributed by atoms with Crippen molar-refractivity contribution in [3.63, 3.8) is 0 Å². The number of benzene rings is 4. The number of methoxy groups -OCH3 is 2. The molecule has 0 heterocycles. The van der Waals surface area contributed by atoms with Crippen molar-refractivity contribution in [2.75, 3.05) is 25.1 Å². The highest BCUT2D eigenvalue weighted by atomic mass is 32.2. The normalized spacial score (nSPS) is 11.5. The summed E-state index contributed by atoms with van der Waals surface area (Å²) in [7, 11) is -0.487. The standard InChI is InChI=1S/C28H26N4O4S/c1-35-27-9-5-3-7-21(27)19-29-31-23-11-15-25(16-12-23)37(33,34)26-17-13-24(14-18-26)32-30-20-22-8-4-6-10-28(22)36-2/h3-20,31-32H,1-2H3/b29-19-,30-20+. The van der Waals surface area contributed by atoms with Gasteiger partial charge in [-0.2, -0.15) is 10.2 Å². The number of rotatable bonds is 10. The van der Waals surface area contributed by atoms with E-state index in [9.17, 15) is 8.42 Å². The van der Waals surface area contributed by atoms with Crippen LogP contribution in [-0.2, 0) is 9.84 Å². The van der Waals surface area contributed by atoms with Gasteiger partial charge in [-0.25, -0.2) is 8.42 Å². The number of ether oxygens (including phenoxy) is 2. The lowest BCUT2D eigenvalue weighted by Gasteiger charge is -2.08. The van der Waals surface area contributed by atoms with Gasteiger partial charge < -0.3 is 9.47 Å². The highest BCUT2D eigenvalue weighted by Crippen LogP contribution is 2.24. The molecule has 0 aliphatic rings. The molecule has 0 fully saturated rings. The molecule has 0 amide bonds. The molecule has 0 radical (unpaired) electrons. The maximum Gasteiger partial charge on any atom is 0.206 e. The molecule has 0 saturated heterocycles. The molecule has 8 nitrogen and oxygen atoms in total. The van der Waals surface area contributed by atoms with Crippen molar-refractivity contribution in [1.82, 2.24) is 0 Å². The molecule has 4 aromatic carbocycles. The molecule has 9 heteroatoms. The second-order valence-corrected chi connectivity index (χ2v) is 9.73. The first-order valence-corrected chi connectivity index (χ1v) is 12.8. The molecule has 4 rings (SSSR count). The molecule has 0 spiro atoms. The van der Waals surface area contributed by atoms with E-state index < -0.39 is 9.84 Å². The largest absolute Gasteiger partial charge is 0.496 e. The van der Waals surface area contributed by atoms with Gasteiger partial charge in [-0.1, -0.05) is 24.3 Å². The van der Waals surface area contributed by atoms with Crippen LogP contribution in [0.3, 0.4) is 0 Å². The van der Waals surface area contributed by atoms with Crippen molar-refractivity contribution in [3.05, 3.63) is 108 Å². The van der Waals surface area contributed by atoms with Gasteiger partial charge in [-0.05, 0) is 72.8 Å². The minimum Gasteiger partial charge on any atom is -0.496 e. The van der Waals surface area contributed by atoms with Crippen LogP contribution in [0, 0.1) is 0 Å². The maximum absolute atomic E-state index is 13.1. The highest BCUT2D eigenvalue weighted by molar-refractivity contribution is 7.91. The van der Waals surface area contributed by atoms with Gasteiger partial charge in [0.25, 0.3) is 0 Å². The maximum atomic E-state index is 13.1. The summed E-state index contributed by atoms with van der Waals surface area (Å²) < 4.78 is 36.7. The Morgan fingerprint density at radius 1 is 0.595 bits per heavy atom. The topological polar surface area (TPSA) is 101 Å². The first-order valence-electron chi connectivity index (χ1n) is 11.3. The Hall–Kier alpha value is -4.63. The highest BCUT2D eigenvalue weighted by Gasteiger charge is 2.17. The molecule has 0 aliphatic heterocycles. The van der Waals surface area contributed by atoms with E-state index in [1.165, 1.54) is 0 Å². The number of nitrogens with zero attached hydrogens (tertiary/aromatic N) is 2. The summed E-state index contributed by atoms with van der Waals surface area (Å²) in [6, 6.07) is 27.8. The molecule has 2 N–H and O–H groups in total. The summed E-state index contributed by atoms with van der Waals surface area (Å²) in [5, 5.41) is 8.41. The zero-order chi connectivity index (χ0) is 26.1.